The van der Waals surface area contributed by atoms with Crippen LogP contribution in [0.3, 0.4) is 0 Å². The highest BCUT2D eigenvalue weighted by Crippen LogP contribution is 2.31. The lowest BCUT2D eigenvalue weighted by atomic mass is 10.0. The molecule has 0 saturated carbocycles. The van der Waals surface area contributed by atoms with Gasteiger partial charge in [0.2, 0.25) is 0 Å². The highest BCUT2D eigenvalue weighted by molar-refractivity contribution is 5.95. The lowest BCUT2D eigenvalue weighted by Gasteiger charge is -2.39. The maximum Gasteiger partial charge on any atom is 0.322 e. The van der Waals surface area contributed by atoms with Crippen molar-refractivity contribution in [3.05, 3.63) is 89.1 Å². The predicted molar refractivity (Wildman–Crippen MR) is 158 cm³/mol. The molecule has 2 aliphatic heterocycles. The van der Waals surface area contributed by atoms with Crippen LogP contribution in [0.5, 0.6) is 0 Å². The summed E-state index contributed by atoms with van der Waals surface area (Å²) in [6.07, 6.45) is 2.80. The number of nitrogens with one attached hydrogen (secondary N) is 2. The van der Waals surface area contributed by atoms with Gasteiger partial charge in [0.05, 0.1) is 12.1 Å². The number of carbonyl (C=O) groups is 1. The van der Waals surface area contributed by atoms with Gasteiger partial charge in [-0.25, -0.2) is 4.79 Å². The second-order valence-corrected chi connectivity index (χ2v) is 10.7. The Hall–Kier alpha value is -4.10. The Labute approximate surface area is 229 Å². The first kappa shape index (κ1) is 25.2. The molecule has 4 aromatic rings. The number of fused-ring (bicyclic) bond motifs is 2. The van der Waals surface area contributed by atoms with Crippen molar-refractivity contribution in [3.63, 3.8) is 0 Å². The molecule has 0 atom stereocenters. The number of piperidine rings is 1. The Bertz CT molecular complexity index is 1510. The number of pyridine rings is 1. The molecule has 3 aromatic carbocycles. The zero-order valence-electron chi connectivity index (χ0n) is 22.6. The average molecular weight is 522 g/mol. The van der Waals surface area contributed by atoms with Gasteiger partial charge in [0.25, 0.3) is 0 Å². The van der Waals surface area contributed by atoms with Crippen LogP contribution in [0.4, 0.5) is 27.5 Å². The van der Waals surface area contributed by atoms with E-state index in [0.717, 1.165) is 83.7 Å². The van der Waals surface area contributed by atoms with Gasteiger partial charge in [-0.15, -0.1) is 0 Å². The SMILES string of the molecule is Cc1cc(Nc2ccc(N3CCC(N4CCc5ccccc5NC4=O)CC3)cc2)c2cc(CO)cc(C)c2n1. The standard InChI is InChI=1S/C32H35N5O2/c1-21-17-23(20-38)19-28-30(18-22(2)33-31(21)28)34-25-7-9-26(10-8-25)36-14-12-27(13-15-36)37-16-11-24-5-3-4-6-29(24)35-32(37)39/h3-10,17-19,27,38H,11-16,20H2,1-2H3,(H,33,34)(H,35,39). The number of benzene rings is 3. The zero-order valence-corrected chi connectivity index (χ0v) is 22.6. The third kappa shape index (κ3) is 5.14. The lowest BCUT2D eigenvalue weighted by molar-refractivity contribution is 0.177. The van der Waals surface area contributed by atoms with Crippen molar-refractivity contribution >= 4 is 39.7 Å². The summed E-state index contributed by atoms with van der Waals surface area (Å²) in [5.74, 6) is 0. The van der Waals surface area contributed by atoms with E-state index in [1.54, 1.807) is 0 Å². The Morgan fingerprint density at radius 3 is 2.54 bits per heavy atom. The quantitative estimate of drug-likeness (QED) is 0.294. The number of para-hydroxylation sites is 1. The van der Waals surface area contributed by atoms with Crippen molar-refractivity contribution in [3.8, 4) is 0 Å². The summed E-state index contributed by atoms with van der Waals surface area (Å²) in [6.45, 7) is 6.65. The van der Waals surface area contributed by atoms with Gasteiger partial charge >= 0.3 is 6.03 Å². The van der Waals surface area contributed by atoms with E-state index >= 15 is 0 Å². The first-order valence-electron chi connectivity index (χ1n) is 13.8. The summed E-state index contributed by atoms with van der Waals surface area (Å²) < 4.78 is 0. The third-order valence-electron chi connectivity index (χ3n) is 8.03. The number of aliphatic hydroxyl groups is 1. The summed E-state index contributed by atoms with van der Waals surface area (Å²) in [6, 6.07) is 23.0. The van der Waals surface area contributed by atoms with Crippen LogP contribution in [0, 0.1) is 13.8 Å². The van der Waals surface area contributed by atoms with Crippen molar-refractivity contribution in [2.24, 2.45) is 0 Å². The summed E-state index contributed by atoms with van der Waals surface area (Å²) in [4.78, 5) is 22.1. The number of anilines is 4. The Kier molecular flexibility index (Phi) is 6.83. The van der Waals surface area contributed by atoms with Crippen molar-refractivity contribution in [2.45, 2.75) is 45.8 Å². The molecule has 2 aliphatic rings. The highest BCUT2D eigenvalue weighted by atomic mass is 16.3. The van der Waals surface area contributed by atoms with E-state index in [1.807, 2.05) is 49.1 Å². The molecule has 1 fully saturated rings. The van der Waals surface area contributed by atoms with E-state index in [4.69, 9.17) is 4.98 Å². The minimum atomic E-state index is 0.00552. The van der Waals surface area contributed by atoms with Gasteiger partial charge in [0.15, 0.2) is 0 Å². The van der Waals surface area contributed by atoms with Crippen LogP contribution in [0.1, 0.15) is 35.2 Å². The number of rotatable bonds is 5. The predicted octanol–water partition coefficient (Wildman–Crippen LogP) is 6.15. The van der Waals surface area contributed by atoms with Crippen LogP contribution >= 0.6 is 0 Å². The summed E-state index contributed by atoms with van der Waals surface area (Å²) >= 11 is 0. The number of amides is 2. The van der Waals surface area contributed by atoms with E-state index in [9.17, 15) is 9.90 Å². The topological polar surface area (TPSA) is 80.7 Å². The van der Waals surface area contributed by atoms with Crippen molar-refractivity contribution in [1.82, 2.24) is 9.88 Å². The maximum atomic E-state index is 13.0. The van der Waals surface area contributed by atoms with Gasteiger partial charge in [0, 0.05) is 59.5 Å². The molecule has 7 nitrogen and oxygen atoms in total. The second kappa shape index (κ2) is 10.6. The molecule has 200 valence electrons. The van der Waals surface area contributed by atoms with Crippen molar-refractivity contribution in [1.29, 1.82) is 0 Å². The normalized spacial score (nSPS) is 16.1. The van der Waals surface area contributed by atoms with Crippen LogP contribution in [0.15, 0.2) is 66.7 Å². The number of aryl methyl sites for hydroxylation is 2. The van der Waals surface area contributed by atoms with Gasteiger partial charge in [-0.2, -0.15) is 0 Å². The van der Waals surface area contributed by atoms with Crippen LogP contribution < -0.4 is 15.5 Å². The van der Waals surface area contributed by atoms with Crippen LogP contribution in [-0.4, -0.2) is 46.7 Å². The molecular formula is C32H35N5O2. The number of aliphatic hydroxyl groups excluding tert-OH is 1. The molecule has 1 aromatic heterocycles. The summed E-state index contributed by atoms with van der Waals surface area (Å²) in [5, 5.41) is 17.4. The van der Waals surface area contributed by atoms with Gasteiger partial charge in [0.1, 0.15) is 0 Å². The number of aromatic nitrogens is 1. The third-order valence-corrected chi connectivity index (χ3v) is 8.03. The van der Waals surface area contributed by atoms with Gasteiger partial charge in [-0.1, -0.05) is 24.3 Å². The van der Waals surface area contributed by atoms with E-state index in [1.165, 1.54) is 11.3 Å². The van der Waals surface area contributed by atoms with E-state index in [-0.39, 0.29) is 18.7 Å². The fourth-order valence-electron chi connectivity index (χ4n) is 5.98. The number of hydrogen-bond donors (Lipinski definition) is 3. The zero-order chi connectivity index (χ0) is 26.9. The van der Waals surface area contributed by atoms with Gasteiger partial charge in [-0.3, -0.25) is 4.98 Å². The molecule has 6 rings (SSSR count). The highest BCUT2D eigenvalue weighted by Gasteiger charge is 2.30. The lowest BCUT2D eigenvalue weighted by Crippen LogP contribution is -2.48. The van der Waals surface area contributed by atoms with Gasteiger partial charge < -0.3 is 25.5 Å². The Morgan fingerprint density at radius 2 is 1.77 bits per heavy atom. The first-order chi connectivity index (χ1) is 19.0. The van der Waals surface area contributed by atoms with Gasteiger partial charge in [-0.05, 0) is 92.3 Å². The largest absolute Gasteiger partial charge is 0.392 e. The summed E-state index contributed by atoms with van der Waals surface area (Å²) in [5.41, 5.74) is 9.19. The molecule has 0 radical (unpaired) electrons. The van der Waals surface area contributed by atoms with Crippen LogP contribution in [0.25, 0.3) is 10.9 Å². The molecule has 0 aliphatic carbocycles. The molecule has 39 heavy (non-hydrogen) atoms. The number of hydrogen-bond acceptors (Lipinski definition) is 5. The smallest absolute Gasteiger partial charge is 0.322 e. The molecule has 3 heterocycles. The Balaban J connectivity index is 1.12. The van der Waals surface area contributed by atoms with E-state index in [0.29, 0.717) is 0 Å². The monoisotopic (exact) mass is 521 g/mol. The average Bonchev–Trinajstić information content (AvgIpc) is 3.12. The first-order valence-corrected chi connectivity index (χ1v) is 13.8. The van der Waals surface area contributed by atoms with Crippen molar-refractivity contribution in [2.75, 3.05) is 35.2 Å². The molecule has 0 bridgehead atoms. The number of urea groups is 1. The van der Waals surface area contributed by atoms with E-state index < -0.39 is 0 Å². The van der Waals surface area contributed by atoms with Crippen molar-refractivity contribution < 1.29 is 9.90 Å². The number of carbonyl (C=O) groups excluding carboxylic acids is 1. The molecule has 0 unspecified atom stereocenters. The summed E-state index contributed by atoms with van der Waals surface area (Å²) in [7, 11) is 0. The Morgan fingerprint density at radius 1 is 1.00 bits per heavy atom. The minimum Gasteiger partial charge on any atom is -0.392 e. The van der Waals surface area contributed by atoms with E-state index in [2.05, 4.69) is 51.9 Å². The molecule has 2 amide bonds. The van der Waals surface area contributed by atoms with Crippen LogP contribution in [0.2, 0.25) is 0 Å². The molecule has 1 saturated heterocycles. The molecule has 3 N–H and O–H groups in total. The van der Waals surface area contributed by atoms with Crippen LogP contribution in [-0.2, 0) is 13.0 Å². The molecule has 0 spiro atoms. The molecule has 7 heteroatoms. The fourth-order valence-corrected chi connectivity index (χ4v) is 5.98. The molecular weight excluding hydrogens is 486 g/mol. The second-order valence-electron chi connectivity index (χ2n) is 10.7. The number of nitrogens with zero attached hydrogens (tertiary/aromatic N) is 3. The fraction of sp³-hybridized carbons (Fsp3) is 0.312. The maximum absolute atomic E-state index is 13.0. The minimum absolute atomic E-state index is 0.00552.